The van der Waals surface area contributed by atoms with Crippen LogP contribution in [0.5, 0.6) is 0 Å². The Kier molecular flexibility index (Phi) is 4.34. The summed E-state index contributed by atoms with van der Waals surface area (Å²) in [6, 6.07) is 3.50. The summed E-state index contributed by atoms with van der Waals surface area (Å²) in [7, 11) is 1.74. The monoisotopic (exact) mass is 268 g/mol. The molecule has 0 fully saturated rings. The van der Waals surface area contributed by atoms with E-state index in [0.717, 1.165) is 5.38 Å². The molecule has 1 aromatic heterocycles. The molecule has 1 heterocycles. The Morgan fingerprint density at radius 2 is 1.89 bits per heavy atom. The van der Waals surface area contributed by atoms with Crippen molar-refractivity contribution in [1.29, 1.82) is 0 Å². The van der Waals surface area contributed by atoms with E-state index in [1.807, 2.05) is 6.07 Å². The molecule has 0 aliphatic heterocycles. The van der Waals surface area contributed by atoms with Gasteiger partial charge in [0.15, 0.2) is 5.76 Å². The lowest BCUT2D eigenvalue weighted by Gasteiger charge is -2.12. The average molecular weight is 268 g/mol. The number of rotatable bonds is 4. The van der Waals surface area contributed by atoms with Gasteiger partial charge in [0.2, 0.25) is 5.91 Å². The third-order valence-corrected chi connectivity index (χ3v) is 4.22. The summed E-state index contributed by atoms with van der Waals surface area (Å²) in [5.41, 5.74) is 0. The lowest BCUT2D eigenvalue weighted by molar-refractivity contribution is -0.127. The first-order chi connectivity index (χ1) is 8.21. The van der Waals surface area contributed by atoms with Crippen LogP contribution in [0.4, 0.5) is 0 Å². The summed E-state index contributed by atoms with van der Waals surface area (Å²) in [6.07, 6.45) is 0. The van der Waals surface area contributed by atoms with Crippen molar-refractivity contribution in [3.05, 3.63) is 17.9 Å². The van der Waals surface area contributed by atoms with E-state index in [4.69, 9.17) is 4.42 Å². The van der Waals surface area contributed by atoms with Crippen LogP contribution in [0, 0.1) is 0 Å². The minimum atomic E-state index is -1.54. The Morgan fingerprint density at radius 3 is 2.33 bits per heavy atom. The molecule has 0 spiro atoms. The van der Waals surface area contributed by atoms with Gasteiger partial charge in [-0.2, -0.15) is 0 Å². The van der Waals surface area contributed by atoms with Gasteiger partial charge in [-0.25, -0.2) is 0 Å². The number of carbonyl (C=O) groups is 2. The minimum Gasteiger partial charge on any atom is -0.461 e. The summed E-state index contributed by atoms with van der Waals surface area (Å²) < 4.78 is 5.53. The molecule has 1 aromatic rings. The predicted octanol–water partition coefficient (Wildman–Crippen LogP) is 0.643. The number of amides is 2. The van der Waals surface area contributed by atoms with E-state index in [-0.39, 0.29) is 24.1 Å². The Morgan fingerprint density at radius 1 is 1.28 bits per heavy atom. The smallest absolute Gasteiger partial charge is 0.287 e. The van der Waals surface area contributed by atoms with Gasteiger partial charge in [0.25, 0.3) is 5.91 Å². The number of carbonyl (C=O) groups excluding carboxylic acids is 2. The fraction of sp³-hybridized carbons (Fsp3) is 0.500. The van der Waals surface area contributed by atoms with E-state index in [0.29, 0.717) is 0 Å². The van der Waals surface area contributed by atoms with Crippen molar-refractivity contribution < 1.29 is 14.0 Å². The molecule has 0 aliphatic carbocycles. The second-order valence-electron chi connectivity index (χ2n) is 5.38. The van der Waals surface area contributed by atoms with E-state index in [1.54, 1.807) is 20.2 Å². The van der Waals surface area contributed by atoms with Crippen LogP contribution in [-0.2, 0) is 4.79 Å². The van der Waals surface area contributed by atoms with Crippen LogP contribution in [-0.4, -0.2) is 45.4 Å². The van der Waals surface area contributed by atoms with Gasteiger partial charge in [-0.05, 0) is 12.1 Å². The second kappa shape index (κ2) is 5.39. The Hall–Kier alpha value is -1.56. The van der Waals surface area contributed by atoms with Crippen molar-refractivity contribution >= 4 is 25.3 Å². The van der Waals surface area contributed by atoms with Crippen LogP contribution < -0.4 is 10.7 Å². The molecule has 0 saturated heterocycles. The highest BCUT2D eigenvalue weighted by atomic mass is 28.3. The van der Waals surface area contributed by atoms with Crippen molar-refractivity contribution in [2.75, 3.05) is 20.6 Å². The van der Waals surface area contributed by atoms with Crippen molar-refractivity contribution in [3.63, 3.8) is 0 Å². The molecule has 0 unspecified atom stereocenters. The number of hydrogen-bond donors (Lipinski definition) is 1. The first kappa shape index (κ1) is 14.5. The fourth-order valence-electron chi connectivity index (χ4n) is 1.26. The molecule has 0 radical (unpaired) electrons. The predicted molar refractivity (Wildman–Crippen MR) is 72.7 cm³/mol. The molecule has 0 aliphatic rings. The molecule has 0 saturated carbocycles. The van der Waals surface area contributed by atoms with Crippen molar-refractivity contribution in [2.24, 2.45) is 0 Å². The van der Waals surface area contributed by atoms with Crippen molar-refractivity contribution in [3.8, 4) is 0 Å². The molecule has 0 bridgehead atoms. The van der Waals surface area contributed by atoms with E-state index in [9.17, 15) is 9.59 Å². The largest absolute Gasteiger partial charge is 0.461 e. The first-order valence-electron chi connectivity index (χ1n) is 5.80. The van der Waals surface area contributed by atoms with E-state index in [2.05, 4.69) is 25.0 Å². The average Bonchev–Trinajstić information content (AvgIpc) is 2.73. The van der Waals surface area contributed by atoms with Crippen molar-refractivity contribution in [1.82, 2.24) is 10.2 Å². The van der Waals surface area contributed by atoms with Crippen molar-refractivity contribution in [2.45, 2.75) is 19.6 Å². The molecule has 5 nitrogen and oxygen atoms in total. The lowest BCUT2D eigenvalue weighted by atomic mass is 10.4. The molecule has 1 rings (SSSR count). The number of nitrogens with zero attached hydrogens (tertiary/aromatic N) is 1. The number of nitrogens with one attached hydrogen (secondary N) is 1. The third-order valence-electron chi connectivity index (χ3n) is 2.47. The SMILES string of the molecule is CN(C)C(=O)CNC(=O)c1ccc([Si](C)(C)C)o1. The van der Waals surface area contributed by atoms with Crippen LogP contribution in [0.3, 0.4) is 0 Å². The third kappa shape index (κ3) is 3.73. The molecular formula is C12H20N2O3Si. The number of furan rings is 1. The molecular weight excluding hydrogens is 248 g/mol. The zero-order valence-corrected chi connectivity index (χ0v) is 12.5. The zero-order valence-electron chi connectivity index (χ0n) is 11.5. The van der Waals surface area contributed by atoms with Gasteiger partial charge in [-0.15, -0.1) is 0 Å². The Bertz CT molecular complexity index is 446. The molecule has 0 aromatic carbocycles. The van der Waals surface area contributed by atoms with E-state index < -0.39 is 8.07 Å². The van der Waals surface area contributed by atoms with Gasteiger partial charge in [0.1, 0.15) is 8.07 Å². The fourth-order valence-corrected chi connectivity index (χ4v) is 2.26. The highest BCUT2D eigenvalue weighted by molar-refractivity contribution is 6.87. The summed E-state index contributed by atoms with van der Waals surface area (Å²) in [5.74, 6) is -0.242. The van der Waals surface area contributed by atoms with E-state index >= 15 is 0 Å². The highest BCUT2D eigenvalue weighted by Gasteiger charge is 2.22. The molecule has 2 amide bonds. The van der Waals surface area contributed by atoms with Crippen LogP contribution >= 0.6 is 0 Å². The van der Waals surface area contributed by atoms with Gasteiger partial charge in [0, 0.05) is 14.1 Å². The number of likely N-dealkylation sites (N-methyl/N-ethyl adjacent to an activating group) is 1. The summed E-state index contributed by atoms with van der Waals surface area (Å²) in [5, 5.41) is 3.42. The maximum absolute atomic E-state index is 11.8. The normalized spacial score (nSPS) is 11.2. The maximum Gasteiger partial charge on any atom is 0.287 e. The Balaban J connectivity index is 2.63. The highest BCUT2D eigenvalue weighted by Crippen LogP contribution is 2.06. The van der Waals surface area contributed by atoms with Crippen LogP contribution in [0.15, 0.2) is 16.5 Å². The number of hydrogen-bond acceptors (Lipinski definition) is 3. The standard InChI is InChI=1S/C12H20N2O3Si/c1-14(2)10(15)8-13-12(16)9-6-7-11(17-9)18(3,4)5/h6-7H,8H2,1-5H3,(H,13,16). The topological polar surface area (TPSA) is 62.6 Å². The van der Waals surface area contributed by atoms with Gasteiger partial charge < -0.3 is 14.6 Å². The van der Waals surface area contributed by atoms with Gasteiger partial charge in [-0.3, -0.25) is 9.59 Å². The molecule has 1 N–H and O–H groups in total. The van der Waals surface area contributed by atoms with Crippen LogP contribution in [0.25, 0.3) is 0 Å². The summed E-state index contributed by atoms with van der Waals surface area (Å²) in [4.78, 5) is 24.5. The summed E-state index contributed by atoms with van der Waals surface area (Å²) in [6.45, 7) is 6.41. The first-order valence-corrected chi connectivity index (χ1v) is 9.30. The molecule has 18 heavy (non-hydrogen) atoms. The van der Waals surface area contributed by atoms with Gasteiger partial charge in [-0.1, -0.05) is 19.6 Å². The van der Waals surface area contributed by atoms with Crippen LogP contribution in [0.2, 0.25) is 19.6 Å². The zero-order chi connectivity index (χ0) is 13.9. The molecule has 6 heteroatoms. The van der Waals surface area contributed by atoms with Crippen LogP contribution in [0.1, 0.15) is 10.6 Å². The lowest BCUT2D eigenvalue weighted by Crippen LogP contribution is -2.37. The quantitative estimate of drug-likeness (QED) is 0.815. The minimum absolute atomic E-state index is 0.0190. The maximum atomic E-state index is 11.8. The Labute approximate surface area is 108 Å². The van der Waals surface area contributed by atoms with Gasteiger partial charge >= 0.3 is 0 Å². The second-order valence-corrected chi connectivity index (χ2v) is 10.4. The summed E-state index contributed by atoms with van der Waals surface area (Å²) >= 11 is 0. The van der Waals surface area contributed by atoms with E-state index in [1.165, 1.54) is 4.90 Å². The molecule has 100 valence electrons. The molecule has 0 atom stereocenters. The van der Waals surface area contributed by atoms with Gasteiger partial charge in [0.05, 0.1) is 11.9 Å².